The van der Waals surface area contributed by atoms with Crippen LogP contribution in [0.25, 0.3) is 0 Å². The summed E-state index contributed by atoms with van der Waals surface area (Å²) in [4.78, 5) is 2.58. The van der Waals surface area contributed by atoms with Crippen LogP contribution in [0, 0.1) is 5.92 Å². The monoisotopic (exact) mass is 228 g/mol. The topological polar surface area (TPSA) is 24.5 Å². The van der Waals surface area contributed by atoms with Crippen molar-refractivity contribution in [3.63, 3.8) is 0 Å². The second-order valence-corrected chi connectivity index (χ2v) is 5.89. The fraction of sp³-hybridized carbons (Fsp3) is 1.00. The van der Waals surface area contributed by atoms with Crippen LogP contribution < -0.4 is 5.32 Å². The molecule has 1 aliphatic heterocycles. The van der Waals surface area contributed by atoms with Crippen molar-refractivity contribution < 1.29 is 4.74 Å². The SMILES string of the molecule is COCC(C)(C)N1CCC(C)NCC(C)C1. The maximum Gasteiger partial charge on any atom is 0.0641 e. The van der Waals surface area contributed by atoms with Gasteiger partial charge in [0.25, 0.3) is 0 Å². The van der Waals surface area contributed by atoms with Crippen LogP contribution in [0.4, 0.5) is 0 Å². The third kappa shape index (κ3) is 4.04. The summed E-state index contributed by atoms with van der Waals surface area (Å²) < 4.78 is 5.34. The fourth-order valence-corrected chi connectivity index (χ4v) is 2.38. The molecule has 0 spiro atoms. The van der Waals surface area contributed by atoms with Gasteiger partial charge in [0.2, 0.25) is 0 Å². The van der Waals surface area contributed by atoms with E-state index in [1.54, 1.807) is 7.11 Å². The number of ether oxygens (including phenoxy) is 1. The van der Waals surface area contributed by atoms with Crippen LogP contribution in [0.2, 0.25) is 0 Å². The molecule has 3 nitrogen and oxygen atoms in total. The minimum atomic E-state index is 0.153. The van der Waals surface area contributed by atoms with Crippen molar-refractivity contribution in [1.29, 1.82) is 0 Å². The molecule has 2 atom stereocenters. The second kappa shape index (κ2) is 5.99. The molecular formula is C13H28N2O. The lowest BCUT2D eigenvalue weighted by Gasteiger charge is -2.41. The predicted octanol–water partition coefficient (Wildman–Crippen LogP) is 1.73. The Balaban J connectivity index is 2.61. The van der Waals surface area contributed by atoms with Gasteiger partial charge in [-0.05, 0) is 39.7 Å². The van der Waals surface area contributed by atoms with Gasteiger partial charge in [-0.2, -0.15) is 0 Å². The summed E-state index contributed by atoms with van der Waals surface area (Å²) in [5, 5.41) is 3.58. The number of hydrogen-bond donors (Lipinski definition) is 1. The largest absolute Gasteiger partial charge is 0.383 e. The van der Waals surface area contributed by atoms with Crippen molar-refractivity contribution in [2.45, 2.75) is 45.7 Å². The second-order valence-electron chi connectivity index (χ2n) is 5.89. The van der Waals surface area contributed by atoms with E-state index in [1.165, 1.54) is 6.42 Å². The van der Waals surface area contributed by atoms with Crippen LogP contribution in [0.5, 0.6) is 0 Å². The Hall–Kier alpha value is -0.120. The summed E-state index contributed by atoms with van der Waals surface area (Å²) in [6, 6.07) is 0.628. The molecule has 1 aliphatic rings. The average Bonchev–Trinajstić information content (AvgIpc) is 2.18. The molecular weight excluding hydrogens is 200 g/mol. The molecule has 96 valence electrons. The molecule has 0 aromatic carbocycles. The highest BCUT2D eigenvalue weighted by Crippen LogP contribution is 2.19. The molecule has 0 bridgehead atoms. The highest BCUT2D eigenvalue weighted by Gasteiger charge is 2.29. The average molecular weight is 228 g/mol. The van der Waals surface area contributed by atoms with Gasteiger partial charge < -0.3 is 10.1 Å². The Morgan fingerprint density at radius 3 is 2.69 bits per heavy atom. The zero-order valence-corrected chi connectivity index (χ0v) is 11.5. The zero-order chi connectivity index (χ0) is 12.2. The molecule has 0 saturated carbocycles. The molecule has 1 rings (SSSR count). The van der Waals surface area contributed by atoms with Gasteiger partial charge in [0.15, 0.2) is 0 Å². The molecule has 3 heteroatoms. The van der Waals surface area contributed by atoms with Crippen LogP contribution in [0.15, 0.2) is 0 Å². The Bertz CT molecular complexity index is 206. The van der Waals surface area contributed by atoms with E-state index >= 15 is 0 Å². The van der Waals surface area contributed by atoms with E-state index in [9.17, 15) is 0 Å². The normalized spacial score (nSPS) is 29.8. The first-order chi connectivity index (χ1) is 7.45. The van der Waals surface area contributed by atoms with Crippen molar-refractivity contribution >= 4 is 0 Å². The standard InChI is InChI=1S/C13H28N2O/c1-11-8-14-12(2)6-7-15(9-11)13(3,4)10-16-5/h11-12,14H,6-10H2,1-5H3. The van der Waals surface area contributed by atoms with Gasteiger partial charge in [-0.25, -0.2) is 0 Å². The summed E-state index contributed by atoms with van der Waals surface area (Å²) >= 11 is 0. The molecule has 16 heavy (non-hydrogen) atoms. The number of nitrogens with one attached hydrogen (secondary N) is 1. The van der Waals surface area contributed by atoms with Gasteiger partial charge in [0.1, 0.15) is 0 Å². The number of hydrogen-bond acceptors (Lipinski definition) is 3. The Labute approximate surface area is 101 Å². The Kier molecular flexibility index (Phi) is 5.22. The molecule has 0 aromatic heterocycles. The summed E-state index contributed by atoms with van der Waals surface area (Å²) in [5.41, 5.74) is 0.153. The van der Waals surface area contributed by atoms with Crippen LogP contribution >= 0.6 is 0 Å². The lowest BCUT2D eigenvalue weighted by molar-refractivity contribution is 0.0186. The van der Waals surface area contributed by atoms with E-state index in [-0.39, 0.29) is 5.54 Å². The first-order valence-electron chi connectivity index (χ1n) is 6.43. The molecule has 0 amide bonds. The van der Waals surface area contributed by atoms with E-state index in [1.807, 2.05) is 0 Å². The van der Waals surface area contributed by atoms with E-state index in [2.05, 4.69) is 37.9 Å². The third-order valence-electron chi connectivity index (χ3n) is 3.53. The molecule has 1 fully saturated rings. The molecule has 1 N–H and O–H groups in total. The summed E-state index contributed by atoms with van der Waals surface area (Å²) in [5.74, 6) is 0.707. The van der Waals surface area contributed by atoms with Gasteiger partial charge in [0, 0.05) is 31.8 Å². The minimum absolute atomic E-state index is 0.153. The van der Waals surface area contributed by atoms with Crippen molar-refractivity contribution in [1.82, 2.24) is 10.2 Å². The van der Waals surface area contributed by atoms with Gasteiger partial charge in [-0.1, -0.05) is 6.92 Å². The van der Waals surface area contributed by atoms with Gasteiger partial charge in [-0.3, -0.25) is 4.90 Å². The maximum atomic E-state index is 5.34. The molecule has 0 radical (unpaired) electrons. The van der Waals surface area contributed by atoms with E-state index in [0.717, 1.165) is 26.2 Å². The fourth-order valence-electron chi connectivity index (χ4n) is 2.38. The summed E-state index contributed by atoms with van der Waals surface area (Å²) in [7, 11) is 1.79. The van der Waals surface area contributed by atoms with Crippen LogP contribution in [0.3, 0.4) is 0 Å². The Morgan fingerprint density at radius 2 is 2.06 bits per heavy atom. The smallest absolute Gasteiger partial charge is 0.0641 e. The lowest BCUT2D eigenvalue weighted by atomic mass is 9.98. The highest BCUT2D eigenvalue weighted by molar-refractivity contribution is 4.85. The summed E-state index contributed by atoms with van der Waals surface area (Å²) in [6.07, 6.45) is 1.22. The Morgan fingerprint density at radius 1 is 1.38 bits per heavy atom. The molecule has 1 heterocycles. The molecule has 0 aliphatic carbocycles. The van der Waals surface area contributed by atoms with Crippen LogP contribution in [0.1, 0.15) is 34.1 Å². The van der Waals surface area contributed by atoms with Gasteiger partial charge in [0.05, 0.1) is 6.61 Å². The number of nitrogens with zero attached hydrogens (tertiary/aromatic N) is 1. The first kappa shape index (κ1) is 13.9. The zero-order valence-electron chi connectivity index (χ0n) is 11.5. The predicted molar refractivity (Wildman–Crippen MR) is 68.8 cm³/mol. The van der Waals surface area contributed by atoms with Crippen molar-refractivity contribution in [3.05, 3.63) is 0 Å². The molecule has 2 unspecified atom stereocenters. The van der Waals surface area contributed by atoms with Crippen molar-refractivity contribution in [2.24, 2.45) is 5.92 Å². The van der Waals surface area contributed by atoms with Crippen molar-refractivity contribution in [2.75, 3.05) is 33.4 Å². The summed E-state index contributed by atoms with van der Waals surface area (Å²) in [6.45, 7) is 13.4. The van der Waals surface area contributed by atoms with E-state index in [0.29, 0.717) is 12.0 Å². The molecule has 1 saturated heterocycles. The molecule has 0 aromatic rings. The van der Waals surface area contributed by atoms with E-state index < -0.39 is 0 Å². The number of methoxy groups -OCH3 is 1. The lowest BCUT2D eigenvalue weighted by Crippen LogP contribution is -2.53. The highest BCUT2D eigenvalue weighted by atomic mass is 16.5. The van der Waals surface area contributed by atoms with Gasteiger partial charge >= 0.3 is 0 Å². The van der Waals surface area contributed by atoms with Crippen molar-refractivity contribution in [3.8, 4) is 0 Å². The maximum absolute atomic E-state index is 5.34. The van der Waals surface area contributed by atoms with Gasteiger partial charge in [-0.15, -0.1) is 0 Å². The minimum Gasteiger partial charge on any atom is -0.383 e. The first-order valence-corrected chi connectivity index (χ1v) is 6.43. The quantitative estimate of drug-likeness (QED) is 0.796. The third-order valence-corrected chi connectivity index (χ3v) is 3.53. The van der Waals surface area contributed by atoms with Crippen LogP contribution in [-0.4, -0.2) is 49.8 Å². The number of rotatable bonds is 3. The van der Waals surface area contributed by atoms with Crippen LogP contribution in [-0.2, 0) is 4.74 Å². The van der Waals surface area contributed by atoms with E-state index in [4.69, 9.17) is 4.74 Å².